The molecule has 6 heteroatoms. The van der Waals surface area contributed by atoms with E-state index >= 15 is 0 Å². The van der Waals surface area contributed by atoms with E-state index in [-0.39, 0.29) is 0 Å². The van der Waals surface area contributed by atoms with Gasteiger partial charge in [-0.1, -0.05) is 37.6 Å². The van der Waals surface area contributed by atoms with Crippen molar-refractivity contribution in [3.8, 4) is 0 Å². The SMILES string of the molecule is C=C(C)C(C)CC/C=C(/C)CC(C)(CC)C(=O)OCP(=O)(O)OC. The van der Waals surface area contributed by atoms with Crippen molar-refractivity contribution in [2.24, 2.45) is 11.3 Å². The molecule has 0 spiro atoms. The van der Waals surface area contributed by atoms with Crippen LogP contribution >= 0.6 is 7.60 Å². The molecule has 0 fully saturated rings. The van der Waals surface area contributed by atoms with Gasteiger partial charge in [-0.15, -0.1) is 0 Å². The molecular formula is C18H33O5P. The Kier molecular flexibility index (Phi) is 9.79. The van der Waals surface area contributed by atoms with Crippen LogP contribution in [-0.2, 0) is 18.6 Å². The zero-order chi connectivity index (χ0) is 19.0. The van der Waals surface area contributed by atoms with Crippen molar-refractivity contribution >= 4 is 13.6 Å². The first-order chi connectivity index (χ1) is 11.0. The van der Waals surface area contributed by atoms with Gasteiger partial charge in [0.1, 0.15) is 0 Å². The Morgan fingerprint density at radius 1 is 1.42 bits per heavy atom. The summed E-state index contributed by atoms with van der Waals surface area (Å²) in [4.78, 5) is 21.7. The van der Waals surface area contributed by atoms with Gasteiger partial charge in [-0.3, -0.25) is 9.36 Å². The molecule has 0 rings (SSSR count). The summed E-state index contributed by atoms with van der Waals surface area (Å²) in [6.45, 7) is 13.9. The molecule has 0 aromatic heterocycles. The average Bonchev–Trinajstić information content (AvgIpc) is 2.52. The lowest BCUT2D eigenvalue weighted by molar-refractivity contribution is -0.153. The average molecular weight is 360 g/mol. The predicted molar refractivity (Wildman–Crippen MR) is 97.8 cm³/mol. The van der Waals surface area contributed by atoms with Gasteiger partial charge in [0.15, 0.2) is 6.35 Å². The summed E-state index contributed by atoms with van der Waals surface area (Å²) in [7, 11) is -2.73. The Morgan fingerprint density at radius 2 is 2.00 bits per heavy atom. The molecule has 140 valence electrons. The molecule has 0 saturated carbocycles. The normalized spacial score (nSPS) is 18.4. The van der Waals surface area contributed by atoms with Gasteiger partial charge in [0.2, 0.25) is 0 Å². The number of carbonyl (C=O) groups is 1. The van der Waals surface area contributed by atoms with E-state index in [1.54, 1.807) is 0 Å². The van der Waals surface area contributed by atoms with E-state index in [1.165, 1.54) is 5.57 Å². The zero-order valence-electron chi connectivity index (χ0n) is 15.9. The minimum Gasteiger partial charge on any atom is -0.452 e. The molecule has 0 aliphatic carbocycles. The number of esters is 1. The van der Waals surface area contributed by atoms with E-state index in [9.17, 15) is 14.3 Å². The topological polar surface area (TPSA) is 72.8 Å². The second kappa shape index (κ2) is 10.2. The molecule has 0 aliphatic rings. The molecule has 3 unspecified atom stereocenters. The smallest absolute Gasteiger partial charge is 0.365 e. The number of ether oxygens (including phenoxy) is 1. The van der Waals surface area contributed by atoms with E-state index < -0.39 is 25.3 Å². The van der Waals surface area contributed by atoms with E-state index in [0.29, 0.717) is 18.8 Å². The van der Waals surface area contributed by atoms with Crippen molar-refractivity contribution in [1.82, 2.24) is 0 Å². The zero-order valence-corrected chi connectivity index (χ0v) is 16.8. The maximum atomic E-state index is 12.3. The Hall–Kier alpha value is -0.900. The lowest BCUT2D eigenvalue weighted by Crippen LogP contribution is -2.30. The second-order valence-electron chi connectivity index (χ2n) is 6.85. The second-order valence-corrected chi connectivity index (χ2v) is 8.75. The summed E-state index contributed by atoms with van der Waals surface area (Å²) in [6.07, 6.45) is 4.64. The standard InChI is InChI=1S/C18H33O5P/c1-8-18(6,17(19)23-13-24(20,21)22-7)12-15(4)10-9-11-16(5)14(2)3/h10,16H,2,8-9,11-13H2,1,3-7H3,(H,20,21)/b15-10-. The number of allylic oxidation sites excluding steroid dienone is 3. The Balaban J connectivity index is 4.71. The molecule has 0 bridgehead atoms. The summed E-state index contributed by atoms with van der Waals surface area (Å²) in [6, 6.07) is 0. The van der Waals surface area contributed by atoms with E-state index in [4.69, 9.17) is 4.74 Å². The number of hydrogen-bond acceptors (Lipinski definition) is 4. The molecule has 0 aromatic rings. The van der Waals surface area contributed by atoms with Crippen LogP contribution in [0.4, 0.5) is 0 Å². The van der Waals surface area contributed by atoms with Crippen molar-refractivity contribution in [1.29, 1.82) is 0 Å². The highest BCUT2D eigenvalue weighted by Gasteiger charge is 2.34. The van der Waals surface area contributed by atoms with Crippen LogP contribution in [0.3, 0.4) is 0 Å². The monoisotopic (exact) mass is 360 g/mol. The van der Waals surface area contributed by atoms with Crippen molar-refractivity contribution in [3.05, 3.63) is 23.8 Å². The maximum absolute atomic E-state index is 12.3. The fraction of sp³-hybridized carbons (Fsp3) is 0.722. The molecule has 0 amide bonds. The van der Waals surface area contributed by atoms with Crippen LogP contribution < -0.4 is 0 Å². The Morgan fingerprint density at radius 3 is 2.46 bits per heavy atom. The summed E-state index contributed by atoms with van der Waals surface area (Å²) < 4.78 is 20.9. The van der Waals surface area contributed by atoms with Gasteiger partial charge in [0.05, 0.1) is 5.41 Å². The first kappa shape index (κ1) is 23.1. The van der Waals surface area contributed by atoms with Crippen molar-refractivity contribution in [2.75, 3.05) is 13.5 Å². The highest BCUT2D eigenvalue weighted by molar-refractivity contribution is 7.52. The first-order valence-electron chi connectivity index (χ1n) is 8.33. The molecule has 0 radical (unpaired) electrons. The van der Waals surface area contributed by atoms with Gasteiger partial charge in [-0.25, -0.2) is 0 Å². The van der Waals surface area contributed by atoms with Crippen LogP contribution in [0.25, 0.3) is 0 Å². The van der Waals surface area contributed by atoms with Gasteiger partial charge < -0.3 is 14.2 Å². The highest BCUT2D eigenvalue weighted by Crippen LogP contribution is 2.41. The quantitative estimate of drug-likeness (QED) is 0.316. The molecular weight excluding hydrogens is 327 g/mol. The van der Waals surface area contributed by atoms with Crippen molar-refractivity contribution in [3.63, 3.8) is 0 Å². The van der Waals surface area contributed by atoms with Crippen LogP contribution in [-0.4, -0.2) is 24.3 Å². The number of hydrogen-bond donors (Lipinski definition) is 1. The molecule has 3 atom stereocenters. The molecule has 1 N–H and O–H groups in total. The molecule has 0 heterocycles. The minimum atomic E-state index is -3.85. The number of carbonyl (C=O) groups excluding carboxylic acids is 1. The van der Waals surface area contributed by atoms with Gasteiger partial charge in [0.25, 0.3) is 0 Å². The largest absolute Gasteiger partial charge is 0.452 e. The third-order valence-corrected chi connectivity index (χ3v) is 5.55. The van der Waals surface area contributed by atoms with E-state index in [0.717, 1.165) is 25.5 Å². The third kappa shape index (κ3) is 8.27. The summed E-state index contributed by atoms with van der Waals surface area (Å²) >= 11 is 0. The summed E-state index contributed by atoms with van der Waals surface area (Å²) in [5.41, 5.74) is 1.58. The van der Waals surface area contributed by atoms with Gasteiger partial charge in [0, 0.05) is 7.11 Å². The fourth-order valence-corrected chi connectivity index (χ4v) is 2.61. The summed E-state index contributed by atoms with van der Waals surface area (Å²) in [5, 5.41) is 0. The van der Waals surface area contributed by atoms with Crippen LogP contribution in [0.2, 0.25) is 0 Å². The van der Waals surface area contributed by atoms with Crippen LogP contribution in [0.5, 0.6) is 0 Å². The number of rotatable bonds is 11. The van der Waals surface area contributed by atoms with Gasteiger partial charge in [-0.05, 0) is 52.4 Å². The van der Waals surface area contributed by atoms with E-state index in [1.807, 2.05) is 27.7 Å². The fourth-order valence-electron chi connectivity index (χ4n) is 2.22. The van der Waals surface area contributed by atoms with Crippen LogP contribution in [0, 0.1) is 11.3 Å². The predicted octanol–water partition coefficient (Wildman–Crippen LogP) is 5.06. The maximum Gasteiger partial charge on any atom is 0.365 e. The Bertz CT molecular complexity index is 512. The van der Waals surface area contributed by atoms with E-state index in [2.05, 4.69) is 24.1 Å². The lowest BCUT2D eigenvalue weighted by atomic mass is 9.81. The minimum absolute atomic E-state index is 0.473. The molecule has 0 aliphatic heterocycles. The summed E-state index contributed by atoms with van der Waals surface area (Å²) in [5.74, 6) is 0.00342. The Labute approximate surface area is 146 Å². The molecule has 24 heavy (non-hydrogen) atoms. The molecule has 5 nitrogen and oxygen atoms in total. The van der Waals surface area contributed by atoms with Crippen LogP contribution in [0.1, 0.15) is 60.3 Å². The third-order valence-electron chi connectivity index (χ3n) is 4.52. The van der Waals surface area contributed by atoms with Gasteiger partial charge >= 0.3 is 13.6 Å². The van der Waals surface area contributed by atoms with Crippen LogP contribution in [0.15, 0.2) is 23.8 Å². The van der Waals surface area contributed by atoms with Crippen molar-refractivity contribution < 1.29 is 23.5 Å². The first-order valence-corrected chi connectivity index (χ1v) is 10.1. The van der Waals surface area contributed by atoms with Crippen molar-refractivity contribution in [2.45, 2.75) is 60.3 Å². The highest BCUT2D eigenvalue weighted by atomic mass is 31.2. The molecule has 0 aromatic carbocycles. The lowest BCUT2D eigenvalue weighted by Gasteiger charge is -2.26. The molecule has 0 saturated heterocycles. The van der Waals surface area contributed by atoms with Gasteiger partial charge in [-0.2, -0.15) is 0 Å².